The Labute approximate surface area is 183 Å². The van der Waals surface area contributed by atoms with Crippen molar-refractivity contribution in [2.45, 2.75) is 18.9 Å². The molecule has 2 aromatic carbocycles. The minimum atomic E-state index is -1.16. The van der Waals surface area contributed by atoms with Crippen molar-refractivity contribution in [2.75, 3.05) is 26.7 Å². The van der Waals surface area contributed by atoms with Crippen LogP contribution in [0.2, 0.25) is 5.02 Å². The molecule has 0 spiro atoms. The number of amides is 2. The van der Waals surface area contributed by atoms with E-state index in [9.17, 15) is 19.5 Å². The Morgan fingerprint density at radius 1 is 1.06 bits per heavy atom. The van der Waals surface area contributed by atoms with Crippen molar-refractivity contribution in [1.82, 2.24) is 9.80 Å². The fourth-order valence-electron chi connectivity index (χ4n) is 3.43. The van der Waals surface area contributed by atoms with Crippen LogP contribution >= 0.6 is 11.6 Å². The van der Waals surface area contributed by atoms with Gasteiger partial charge in [-0.25, -0.2) is 4.79 Å². The van der Waals surface area contributed by atoms with Crippen LogP contribution in [0.4, 0.5) is 0 Å². The number of halogens is 1. The third-order valence-corrected chi connectivity index (χ3v) is 5.63. The van der Waals surface area contributed by atoms with Gasteiger partial charge in [0.05, 0.1) is 10.6 Å². The monoisotopic (exact) mass is 444 g/mol. The molecule has 1 N–H and O–H groups in total. The predicted octanol–water partition coefficient (Wildman–Crippen LogP) is 3.29. The summed E-state index contributed by atoms with van der Waals surface area (Å²) in [5.41, 5.74) is 0.413. The first-order chi connectivity index (χ1) is 14.8. The standard InChI is InChI=1S/C22H21ClN2O6/c1-24-8-5-19(21(24)27)31-16-10-14(22(28)29)9-15(12-16)30-18-4-3-13(11-17(18)23)20(26)25-6-2-7-25/h3-4,9-12,19H,2,5-8H2,1H3,(H,28,29)/t19-/m0/s1. The predicted molar refractivity (Wildman–Crippen MR) is 112 cm³/mol. The number of nitrogens with zero attached hydrogens (tertiary/aromatic N) is 2. The molecule has 2 fully saturated rings. The van der Waals surface area contributed by atoms with E-state index in [0.717, 1.165) is 19.5 Å². The highest BCUT2D eigenvalue weighted by Crippen LogP contribution is 2.34. The van der Waals surface area contributed by atoms with E-state index in [1.165, 1.54) is 24.3 Å². The Morgan fingerprint density at radius 2 is 1.81 bits per heavy atom. The maximum atomic E-state index is 12.3. The summed E-state index contributed by atoms with van der Waals surface area (Å²) in [6.07, 6.45) is 0.840. The van der Waals surface area contributed by atoms with E-state index in [0.29, 0.717) is 18.5 Å². The number of aromatic carboxylic acids is 1. The largest absolute Gasteiger partial charge is 0.480 e. The van der Waals surface area contributed by atoms with Crippen molar-refractivity contribution in [3.8, 4) is 17.2 Å². The first kappa shape index (κ1) is 21.0. The Morgan fingerprint density at radius 3 is 2.39 bits per heavy atom. The zero-order chi connectivity index (χ0) is 22.1. The fraction of sp³-hybridized carbons (Fsp3) is 0.318. The lowest BCUT2D eigenvalue weighted by atomic mass is 10.1. The molecule has 0 unspecified atom stereocenters. The summed E-state index contributed by atoms with van der Waals surface area (Å²) in [7, 11) is 1.69. The van der Waals surface area contributed by atoms with Crippen LogP contribution in [0.1, 0.15) is 33.6 Å². The van der Waals surface area contributed by atoms with Crippen molar-refractivity contribution < 1.29 is 29.0 Å². The molecule has 2 aromatic rings. The smallest absolute Gasteiger partial charge is 0.335 e. The van der Waals surface area contributed by atoms with Crippen molar-refractivity contribution in [3.05, 3.63) is 52.5 Å². The molecule has 2 heterocycles. The number of hydrogen-bond donors (Lipinski definition) is 1. The molecule has 2 amide bonds. The first-order valence-corrected chi connectivity index (χ1v) is 10.3. The van der Waals surface area contributed by atoms with Gasteiger partial charge in [0.15, 0.2) is 6.10 Å². The lowest BCUT2D eigenvalue weighted by molar-refractivity contribution is -0.132. The third-order valence-electron chi connectivity index (χ3n) is 5.33. The summed E-state index contributed by atoms with van der Waals surface area (Å²) >= 11 is 6.31. The Hall–Kier alpha value is -3.26. The van der Waals surface area contributed by atoms with Crippen LogP contribution in [-0.4, -0.2) is 65.5 Å². The van der Waals surface area contributed by atoms with Crippen LogP contribution in [0.15, 0.2) is 36.4 Å². The summed E-state index contributed by atoms with van der Waals surface area (Å²) in [5.74, 6) is -0.733. The molecular weight excluding hydrogens is 424 g/mol. The Bertz CT molecular complexity index is 1050. The van der Waals surface area contributed by atoms with E-state index in [-0.39, 0.29) is 39.6 Å². The van der Waals surface area contributed by atoms with E-state index in [2.05, 4.69) is 0 Å². The number of benzene rings is 2. The van der Waals surface area contributed by atoms with Gasteiger partial charge in [0, 0.05) is 44.7 Å². The molecule has 0 aromatic heterocycles. The number of carbonyl (C=O) groups excluding carboxylic acids is 2. The lowest BCUT2D eigenvalue weighted by Crippen LogP contribution is -2.41. The molecule has 1 atom stereocenters. The normalized spacial score (nSPS) is 18.0. The quantitative estimate of drug-likeness (QED) is 0.734. The molecule has 2 aliphatic heterocycles. The number of carboxylic acid groups (broad SMARTS) is 1. The zero-order valence-corrected chi connectivity index (χ0v) is 17.6. The van der Waals surface area contributed by atoms with E-state index in [1.54, 1.807) is 29.0 Å². The zero-order valence-electron chi connectivity index (χ0n) is 16.8. The molecule has 0 bridgehead atoms. The van der Waals surface area contributed by atoms with Gasteiger partial charge >= 0.3 is 5.97 Å². The minimum absolute atomic E-state index is 0.0491. The molecular formula is C22H21ClN2O6. The molecule has 0 aliphatic carbocycles. The molecule has 8 nitrogen and oxygen atoms in total. The van der Waals surface area contributed by atoms with Crippen LogP contribution in [0.25, 0.3) is 0 Å². The number of carbonyl (C=O) groups is 3. The topological polar surface area (TPSA) is 96.4 Å². The van der Waals surface area contributed by atoms with Crippen LogP contribution in [0.5, 0.6) is 17.2 Å². The number of carboxylic acids is 1. The highest BCUT2D eigenvalue weighted by atomic mass is 35.5. The van der Waals surface area contributed by atoms with Crippen LogP contribution in [-0.2, 0) is 4.79 Å². The molecule has 2 aliphatic rings. The first-order valence-electron chi connectivity index (χ1n) is 9.88. The van der Waals surface area contributed by atoms with Crippen LogP contribution in [0.3, 0.4) is 0 Å². The summed E-state index contributed by atoms with van der Waals surface area (Å²) in [4.78, 5) is 39.3. The summed E-state index contributed by atoms with van der Waals surface area (Å²) in [6.45, 7) is 2.04. The third kappa shape index (κ3) is 4.44. The minimum Gasteiger partial charge on any atom is -0.480 e. The van der Waals surface area contributed by atoms with Gasteiger partial charge < -0.3 is 24.4 Å². The number of hydrogen-bond acceptors (Lipinski definition) is 5. The lowest BCUT2D eigenvalue weighted by Gasteiger charge is -2.31. The molecule has 9 heteroatoms. The van der Waals surface area contributed by atoms with Crippen molar-refractivity contribution >= 4 is 29.4 Å². The summed E-state index contributed by atoms with van der Waals surface area (Å²) in [6, 6.07) is 8.91. The van der Waals surface area contributed by atoms with E-state index in [1.807, 2.05) is 0 Å². The van der Waals surface area contributed by atoms with Crippen molar-refractivity contribution in [3.63, 3.8) is 0 Å². The highest BCUT2D eigenvalue weighted by Gasteiger charge is 2.31. The van der Waals surface area contributed by atoms with E-state index < -0.39 is 12.1 Å². The van der Waals surface area contributed by atoms with Gasteiger partial charge in [-0.15, -0.1) is 0 Å². The number of likely N-dealkylation sites (tertiary alicyclic amines) is 2. The van der Waals surface area contributed by atoms with E-state index in [4.69, 9.17) is 21.1 Å². The Kier molecular flexibility index (Phi) is 5.73. The second-order valence-electron chi connectivity index (χ2n) is 7.55. The second kappa shape index (κ2) is 8.47. The molecule has 4 rings (SSSR count). The summed E-state index contributed by atoms with van der Waals surface area (Å²) in [5, 5.41) is 9.66. The molecule has 162 valence electrons. The average Bonchev–Trinajstić information content (AvgIpc) is 3.00. The molecule has 2 saturated heterocycles. The number of likely N-dealkylation sites (N-methyl/N-ethyl adjacent to an activating group) is 1. The van der Waals surface area contributed by atoms with Crippen LogP contribution < -0.4 is 9.47 Å². The second-order valence-corrected chi connectivity index (χ2v) is 7.95. The van der Waals surface area contributed by atoms with Crippen LogP contribution in [0, 0.1) is 0 Å². The molecule has 0 saturated carbocycles. The SMILES string of the molecule is CN1CC[C@H](Oc2cc(Oc3ccc(C(=O)N4CCC4)cc3Cl)cc(C(=O)O)c2)C1=O. The molecule has 31 heavy (non-hydrogen) atoms. The van der Waals surface area contributed by atoms with Crippen molar-refractivity contribution in [1.29, 1.82) is 0 Å². The van der Waals surface area contributed by atoms with Gasteiger partial charge in [0.1, 0.15) is 17.2 Å². The van der Waals surface area contributed by atoms with E-state index >= 15 is 0 Å². The van der Waals surface area contributed by atoms with Gasteiger partial charge in [-0.3, -0.25) is 9.59 Å². The molecule has 0 radical (unpaired) electrons. The van der Waals surface area contributed by atoms with Gasteiger partial charge in [-0.05, 0) is 36.8 Å². The van der Waals surface area contributed by atoms with Crippen molar-refractivity contribution in [2.24, 2.45) is 0 Å². The maximum absolute atomic E-state index is 12.3. The summed E-state index contributed by atoms with van der Waals surface area (Å²) < 4.78 is 11.5. The van der Waals surface area contributed by atoms with Gasteiger partial charge in [-0.2, -0.15) is 0 Å². The van der Waals surface area contributed by atoms with Gasteiger partial charge in [0.25, 0.3) is 11.8 Å². The Balaban J connectivity index is 1.56. The van der Waals surface area contributed by atoms with Gasteiger partial charge in [0.2, 0.25) is 0 Å². The average molecular weight is 445 g/mol. The highest BCUT2D eigenvalue weighted by molar-refractivity contribution is 6.32. The number of rotatable bonds is 6. The fourth-order valence-corrected chi connectivity index (χ4v) is 3.65. The maximum Gasteiger partial charge on any atom is 0.335 e. The van der Waals surface area contributed by atoms with Gasteiger partial charge in [-0.1, -0.05) is 11.6 Å². The number of ether oxygens (including phenoxy) is 2.